The number of imide groups is 1. The van der Waals surface area contributed by atoms with Crippen molar-refractivity contribution in [2.45, 2.75) is 45.5 Å². The molecule has 2 unspecified atom stereocenters. The second-order valence-electron chi connectivity index (χ2n) is 7.90. The molecule has 0 aliphatic carbocycles. The van der Waals surface area contributed by atoms with Gasteiger partial charge in [-0.05, 0) is 55.7 Å². The van der Waals surface area contributed by atoms with Gasteiger partial charge in [0.15, 0.2) is 6.23 Å². The summed E-state index contributed by atoms with van der Waals surface area (Å²) in [7, 11) is 0. The quantitative estimate of drug-likeness (QED) is 0.615. The van der Waals surface area contributed by atoms with Crippen LogP contribution in [0.3, 0.4) is 0 Å². The number of hydrogen-bond acceptors (Lipinski definition) is 6. The highest BCUT2D eigenvalue weighted by molar-refractivity contribution is 6.31. The SMILES string of the molecule is CC1=Nc2cccc(CNC(=O)c3ccc(Cl)c(C)c3)c2C(O)N1C1CCC(=O)NC1=O. The van der Waals surface area contributed by atoms with Gasteiger partial charge in [-0.3, -0.25) is 19.7 Å². The third-order valence-corrected chi connectivity index (χ3v) is 6.18. The molecule has 32 heavy (non-hydrogen) atoms. The van der Waals surface area contributed by atoms with E-state index in [0.29, 0.717) is 39.7 Å². The topological polar surface area (TPSA) is 111 Å². The Hall–Kier alpha value is -3.23. The number of fused-ring (bicyclic) bond motifs is 1. The van der Waals surface area contributed by atoms with Crippen molar-refractivity contribution >= 4 is 40.8 Å². The number of aryl methyl sites for hydroxylation is 1. The van der Waals surface area contributed by atoms with E-state index in [-0.39, 0.29) is 24.8 Å². The molecule has 2 aliphatic rings. The predicted octanol–water partition coefficient (Wildman–Crippen LogP) is 2.74. The van der Waals surface area contributed by atoms with Crippen LogP contribution in [0.1, 0.15) is 53.0 Å². The van der Waals surface area contributed by atoms with E-state index in [2.05, 4.69) is 15.6 Å². The lowest BCUT2D eigenvalue weighted by molar-refractivity contribution is -0.139. The van der Waals surface area contributed by atoms with Gasteiger partial charge in [0.1, 0.15) is 11.9 Å². The average molecular weight is 455 g/mol. The summed E-state index contributed by atoms with van der Waals surface area (Å²) in [6, 6.07) is 9.71. The second kappa shape index (κ2) is 8.72. The van der Waals surface area contributed by atoms with Crippen LogP contribution in [0.2, 0.25) is 5.02 Å². The first kappa shape index (κ1) is 22.0. The maximum absolute atomic E-state index is 12.6. The van der Waals surface area contributed by atoms with Gasteiger partial charge < -0.3 is 15.3 Å². The standard InChI is InChI=1S/C23H23ClN4O4/c1-12-10-14(6-7-16(12)24)21(30)25-11-15-4-3-5-17-20(15)23(32)28(13(2)26-17)18-8-9-19(29)27-22(18)31/h3-7,10,18,23,32H,8-9,11H2,1-2H3,(H,25,30)(H,27,29,31). The van der Waals surface area contributed by atoms with Gasteiger partial charge in [-0.2, -0.15) is 0 Å². The summed E-state index contributed by atoms with van der Waals surface area (Å²) in [5.74, 6) is -0.567. The summed E-state index contributed by atoms with van der Waals surface area (Å²) < 4.78 is 0. The van der Waals surface area contributed by atoms with E-state index in [4.69, 9.17) is 11.6 Å². The van der Waals surface area contributed by atoms with Crippen LogP contribution in [0.4, 0.5) is 5.69 Å². The zero-order valence-corrected chi connectivity index (χ0v) is 18.4. The number of aliphatic hydroxyl groups is 1. The molecule has 1 saturated heterocycles. The van der Waals surface area contributed by atoms with Gasteiger partial charge in [-0.15, -0.1) is 0 Å². The number of aliphatic imine (C=N–C) groups is 1. The maximum atomic E-state index is 12.6. The zero-order chi connectivity index (χ0) is 23.0. The van der Waals surface area contributed by atoms with Crippen molar-refractivity contribution in [3.05, 3.63) is 63.7 Å². The lowest BCUT2D eigenvalue weighted by atomic mass is 9.97. The number of nitrogens with zero attached hydrogens (tertiary/aromatic N) is 2. The fraction of sp³-hybridized carbons (Fsp3) is 0.304. The molecular weight excluding hydrogens is 432 g/mol. The molecule has 2 aromatic carbocycles. The van der Waals surface area contributed by atoms with E-state index in [0.717, 1.165) is 5.56 Å². The minimum absolute atomic E-state index is 0.165. The summed E-state index contributed by atoms with van der Waals surface area (Å²) >= 11 is 6.04. The molecule has 3 N–H and O–H groups in total. The molecule has 2 heterocycles. The number of halogens is 1. The Labute approximate surface area is 190 Å². The lowest BCUT2D eigenvalue weighted by Crippen LogP contribution is -2.55. The predicted molar refractivity (Wildman–Crippen MR) is 120 cm³/mol. The molecule has 0 radical (unpaired) electrons. The number of carbonyl (C=O) groups is 3. The van der Waals surface area contributed by atoms with Crippen molar-refractivity contribution in [2.24, 2.45) is 4.99 Å². The molecule has 0 spiro atoms. The average Bonchev–Trinajstić information content (AvgIpc) is 2.75. The van der Waals surface area contributed by atoms with E-state index >= 15 is 0 Å². The molecule has 2 atom stereocenters. The summed E-state index contributed by atoms with van der Waals surface area (Å²) in [5.41, 5.74) is 3.07. The molecule has 2 aromatic rings. The van der Waals surface area contributed by atoms with Crippen molar-refractivity contribution in [1.82, 2.24) is 15.5 Å². The van der Waals surface area contributed by atoms with Gasteiger partial charge in [0.25, 0.3) is 5.91 Å². The van der Waals surface area contributed by atoms with Crippen molar-refractivity contribution in [3.63, 3.8) is 0 Å². The van der Waals surface area contributed by atoms with Crippen LogP contribution >= 0.6 is 11.6 Å². The number of amides is 3. The number of rotatable bonds is 4. The molecule has 2 aliphatic heterocycles. The van der Waals surface area contributed by atoms with Crippen molar-refractivity contribution in [2.75, 3.05) is 0 Å². The highest BCUT2D eigenvalue weighted by Gasteiger charge is 2.39. The van der Waals surface area contributed by atoms with Crippen LogP contribution < -0.4 is 10.6 Å². The zero-order valence-electron chi connectivity index (χ0n) is 17.7. The fourth-order valence-electron chi connectivity index (χ4n) is 4.10. The smallest absolute Gasteiger partial charge is 0.251 e. The Morgan fingerprint density at radius 1 is 1.28 bits per heavy atom. The highest BCUT2D eigenvalue weighted by Crippen LogP contribution is 2.38. The molecule has 9 heteroatoms. The Morgan fingerprint density at radius 3 is 2.78 bits per heavy atom. The van der Waals surface area contributed by atoms with Gasteiger partial charge >= 0.3 is 0 Å². The van der Waals surface area contributed by atoms with Crippen LogP contribution in [0.5, 0.6) is 0 Å². The Balaban J connectivity index is 1.58. The lowest BCUT2D eigenvalue weighted by Gasteiger charge is -2.40. The Morgan fingerprint density at radius 2 is 2.06 bits per heavy atom. The summed E-state index contributed by atoms with van der Waals surface area (Å²) in [6.07, 6.45) is -0.659. The van der Waals surface area contributed by atoms with E-state index < -0.39 is 18.2 Å². The largest absolute Gasteiger partial charge is 0.369 e. The Kier molecular flexibility index (Phi) is 5.99. The van der Waals surface area contributed by atoms with Gasteiger partial charge in [0.2, 0.25) is 11.8 Å². The van der Waals surface area contributed by atoms with E-state index in [9.17, 15) is 19.5 Å². The molecule has 4 rings (SSSR count). The molecule has 0 bridgehead atoms. The first-order valence-electron chi connectivity index (χ1n) is 10.3. The molecule has 0 saturated carbocycles. The first-order chi connectivity index (χ1) is 15.3. The summed E-state index contributed by atoms with van der Waals surface area (Å²) in [5, 5.41) is 17.0. The third kappa shape index (κ3) is 4.11. The number of nitrogens with one attached hydrogen (secondary N) is 2. The second-order valence-corrected chi connectivity index (χ2v) is 8.31. The van der Waals surface area contributed by atoms with Gasteiger partial charge in [0.05, 0.1) is 5.69 Å². The number of carbonyl (C=O) groups excluding carboxylic acids is 3. The molecule has 0 aromatic heterocycles. The minimum atomic E-state index is -1.14. The van der Waals surface area contributed by atoms with Gasteiger partial charge in [0, 0.05) is 29.1 Å². The molecule has 166 valence electrons. The monoisotopic (exact) mass is 454 g/mol. The van der Waals surface area contributed by atoms with E-state index in [1.165, 1.54) is 4.90 Å². The summed E-state index contributed by atoms with van der Waals surface area (Å²) in [4.78, 5) is 42.7. The molecular formula is C23H23ClN4O4. The number of amidine groups is 1. The van der Waals surface area contributed by atoms with E-state index in [1.807, 2.05) is 6.92 Å². The number of piperidine rings is 1. The van der Waals surface area contributed by atoms with Crippen molar-refractivity contribution in [1.29, 1.82) is 0 Å². The van der Waals surface area contributed by atoms with Gasteiger partial charge in [-0.25, -0.2) is 4.99 Å². The number of hydrogen-bond donors (Lipinski definition) is 3. The van der Waals surface area contributed by atoms with Crippen LogP contribution in [0.25, 0.3) is 0 Å². The minimum Gasteiger partial charge on any atom is -0.369 e. The maximum Gasteiger partial charge on any atom is 0.251 e. The van der Waals surface area contributed by atoms with Crippen LogP contribution in [0.15, 0.2) is 41.4 Å². The summed E-state index contributed by atoms with van der Waals surface area (Å²) in [6.45, 7) is 3.71. The molecule has 1 fully saturated rings. The fourth-order valence-corrected chi connectivity index (χ4v) is 4.22. The van der Waals surface area contributed by atoms with Crippen LogP contribution in [0, 0.1) is 6.92 Å². The number of benzene rings is 2. The van der Waals surface area contributed by atoms with Crippen molar-refractivity contribution < 1.29 is 19.5 Å². The van der Waals surface area contributed by atoms with Crippen LogP contribution in [-0.4, -0.2) is 39.6 Å². The van der Waals surface area contributed by atoms with Gasteiger partial charge in [-0.1, -0.05) is 23.7 Å². The molecule has 3 amide bonds. The number of aliphatic hydroxyl groups excluding tert-OH is 1. The van der Waals surface area contributed by atoms with E-state index in [1.54, 1.807) is 43.3 Å². The third-order valence-electron chi connectivity index (χ3n) is 5.76. The highest BCUT2D eigenvalue weighted by atomic mass is 35.5. The Bertz CT molecular complexity index is 1150. The normalized spacial score (nSPS) is 20.4. The first-order valence-corrected chi connectivity index (χ1v) is 10.7. The van der Waals surface area contributed by atoms with Crippen LogP contribution in [-0.2, 0) is 16.1 Å². The molecule has 8 nitrogen and oxygen atoms in total. The van der Waals surface area contributed by atoms with Crippen molar-refractivity contribution in [3.8, 4) is 0 Å².